The number of carbonyl (C=O) groups excluding carboxylic acids is 4. The summed E-state index contributed by atoms with van der Waals surface area (Å²) in [5, 5.41) is 17.8. The van der Waals surface area contributed by atoms with Crippen LogP contribution >= 0.6 is 0 Å². The van der Waals surface area contributed by atoms with Crippen LogP contribution in [0.15, 0.2) is 55.4 Å². The number of hydrogen-bond donors (Lipinski definition) is 7. The number of carboxylic acids is 1. The average molecular weight is 650 g/mol. The molecule has 1 fully saturated rings. The second kappa shape index (κ2) is 16.5. The number of nitrogens with zero attached hydrogens (tertiary/aromatic N) is 3. The van der Waals surface area contributed by atoms with Crippen LogP contribution in [-0.2, 0) is 43.2 Å². The third kappa shape index (κ3) is 9.97. The Labute approximate surface area is 272 Å². The number of benzene rings is 1. The number of rotatable bonds is 16. The molecule has 1 aliphatic heterocycles. The third-order valence-electron chi connectivity index (χ3n) is 8.00. The van der Waals surface area contributed by atoms with Gasteiger partial charge in [0.15, 0.2) is 0 Å². The van der Waals surface area contributed by atoms with E-state index >= 15 is 0 Å². The maximum absolute atomic E-state index is 13.9. The first-order chi connectivity index (χ1) is 22.5. The lowest BCUT2D eigenvalue weighted by Gasteiger charge is -2.29. The standard InChI is InChI=1S/C32H43N9O6/c1-19(2)11-26(32(46)47)40-29(43)25(14-22-16-35-18-37-22)38-28(42)24(12-20-7-4-3-5-8-20)39-30(44)27-9-6-10-41(27)31(45)23(33)13-21-15-34-17-36-21/h3-5,7-8,15-19,23-27H,6,9-14,33H2,1-2H3,(H,34,36)(H,35,37)(H,38,42)(H,39,44)(H,40,43)(H,46,47)/t23-,24-,25-,26-,27-/m0/s1. The van der Waals surface area contributed by atoms with Crippen LogP contribution in [0.25, 0.3) is 0 Å². The summed E-state index contributed by atoms with van der Waals surface area (Å²) in [5.41, 5.74) is 8.19. The number of likely N-dealkylation sites (tertiary alicyclic amines) is 1. The van der Waals surface area contributed by atoms with Gasteiger partial charge < -0.3 is 41.7 Å². The number of H-pyrrole nitrogens is 2. The molecule has 3 aromatic rings. The maximum Gasteiger partial charge on any atom is 0.326 e. The van der Waals surface area contributed by atoms with E-state index in [2.05, 4.69) is 35.9 Å². The van der Waals surface area contributed by atoms with Crippen molar-refractivity contribution in [3.63, 3.8) is 0 Å². The molecule has 0 saturated carbocycles. The van der Waals surface area contributed by atoms with Crippen LogP contribution in [0.3, 0.4) is 0 Å². The van der Waals surface area contributed by atoms with Gasteiger partial charge in [0.1, 0.15) is 24.2 Å². The third-order valence-corrected chi connectivity index (χ3v) is 8.00. The highest BCUT2D eigenvalue weighted by atomic mass is 16.4. The number of carboxylic acid groups (broad SMARTS) is 1. The Morgan fingerprint density at radius 1 is 0.894 bits per heavy atom. The summed E-state index contributed by atoms with van der Waals surface area (Å²) in [4.78, 5) is 81.4. The Kier molecular flexibility index (Phi) is 12.2. The summed E-state index contributed by atoms with van der Waals surface area (Å²) in [5.74, 6) is -3.43. The number of hydrogen-bond acceptors (Lipinski definition) is 8. The number of aliphatic carboxylic acids is 1. The Morgan fingerprint density at radius 3 is 2.06 bits per heavy atom. The van der Waals surface area contributed by atoms with Crippen LogP contribution in [0.2, 0.25) is 0 Å². The molecule has 0 aliphatic carbocycles. The molecule has 15 heteroatoms. The van der Waals surface area contributed by atoms with Gasteiger partial charge in [-0.2, -0.15) is 0 Å². The molecule has 3 heterocycles. The molecule has 1 aromatic carbocycles. The number of aromatic amines is 2. The van der Waals surface area contributed by atoms with Crippen LogP contribution in [0, 0.1) is 5.92 Å². The molecule has 15 nitrogen and oxygen atoms in total. The molecule has 2 aromatic heterocycles. The number of imidazole rings is 2. The Bertz CT molecular complexity index is 1480. The minimum absolute atomic E-state index is 0.00325. The van der Waals surface area contributed by atoms with Gasteiger partial charge in [-0.15, -0.1) is 0 Å². The van der Waals surface area contributed by atoms with Gasteiger partial charge >= 0.3 is 5.97 Å². The molecule has 0 spiro atoms. The predicted molar refractivity (Wildman–Crippen MR) is 170 cm³/mol. The van der Waals surface area contributed by atoms with Crippen molar-refractivity contribution >= 4 is 29.6 Å². The lowest BCUT2D eigenvalue weighted by Crippen LogP contribution is -2.59. The fourth-order valence-corrected chi connectivity index (χ4v) is 5.63. The highest BCUT2D eigenvalue weighted by Gasteiger charge is 2.38. The number of carbonyl (C=O) groups is 5. The molecule has 4 rings (SSSR count). The van der Waals surface area contributed by atoms with Crippen LogP contribution in [0.4, 0.5) is 0 Å². The molecule has 47 heavy (non-hydrogen) atoms. The van der Waals surface area contributed by atoms with E-state index in [9.17, 15) is 29.1 Å². The topological polar surface area (TPSA) is 228 Å². The highest BCUT2D eigenvalue weighted by Crippen LogP contribution is 2.20. The van der Waals surface area contributed by atoms with E-state index in [1.54, 1.807) is 18.3 Å². The summed E-state index contributed by atoms with van der Waals surface area (Å²) >= 11 is 0. The molecule has 0 bridgehead atoms. The first-order valence-corrected chi connectivity index (χ1v) is 15.7. The van der Waals surface area contributed by atoms with Crippen molar-refractivity contribution in [3.05, 3.63) is 72.3 Å². The summed E-state index contributed by atoms with van der Waals surface area (Å²) in [6, 6.07) is 3.87. The van der Waals surface area contributed by atoms with E-state index in [4.69, 9.17) is 5.73 Å². The van der Waals surface area contributed by atoms with Gasteiger partial charge in [0.25, 0.3) is 0 Å². The number of nitrogens with one attached hydrogen (secondary N) is 5. The van der Waals surface area contributed by atoms with Crippen LogP contribution in [0.1, 0.15) is 50.1 Å². The summed E-state index contributed by atoms with van der Waals surface area (Å²) in [7, 11) is 0. The Hall–Kier alpha value is -5.05. The second-order valence-electron chi connectivity index (χ2n) is 12.2. The fourth-order valence-electron chi connectivity index (χ4n) is 5.63. The summed E-state index contributed by atoms with van der Waals surface area (Å²) < 4.78 is 0. The van der Waals surface area contributed by atoms with Crippen LogP contribution < -0.4 is 21.7 Å². The molecule has 252 valence electrons. The number of aromatic nitrogens is 4. The summed E-state index contributed by atoms with van der Waals surface area (Å²) in [6.07, 6.45) is 7.51. The van der Waals surface area contributed by atoms with Gasteiger partial charge in [0, 0.05) is 49.6 Å². The molecule has 8 N–H and O–H groups in total. The van der Waals surface area contributed by atoms with Gasteiger partial charge in [0.2, 0.25) is 23.6 Å². The van der Waals surface area contributed by atoms with Crippen molar-refractivity contribution in [1.82, 2.24) is 40.8 Å². The molecule has 1 aliphatic rings. The van der Waals surface area contributed by atoms with Gasteiger partial charge in [-0.25, -0.2) is 14.8 Å². The lowest BCUT2D eigenvalue weighted by molar-refractivity contribution is -0.142. The van der Waals surface area contributed by atoms with Gasteiger partial charge in [-0.1, -0.05) is 44.2 Å². The zero-order valence-corrected chi connectivity index (χ0v) is 26.5. The molecule has 4 amide bonds. The van der Waals surface area contributed by atoms with Gasteiger partial charge in [0.05, 0.1) is 18.7 Å². The van der Waals surface area contributed by atoms with E-state index in [0.717, 1.165) is 5.56 Å². The Morgan fingerprint density at radius 2 is 1.49 bits per heavy atom. The van der Waals surface area contributed by atoms with Gasteiger partial charge in [-0.3, -0.25) is 19.2 Å². The zero-order chi connectivity index (χ0) is 33.9. The first kappa shape index (κ1) is 34.8. The normalized spacial score (nSPS) is 17.0. The average Bonchev–Trinajstić information content (AvgIpc) is 3.84. The second-order valence-corrected chi connectivity index (χ2v) is 12.2. The number of amides is 4. The summed E-state index contributed by atoms with van der Waals surface area (Å²) in [6.45, 7) is 4.03. The smallest absolute Gasteiger partial charge is 0.326 e. The molecule has 5 atom stereocenters. The number of nitrogens with two attached hydrogens (primary N) is 1. The van der Waals surface area contributed by atoms with Crippen molar-refractivity contribution in [1.29, 1.82) is 0 Å². The van der Waals surface area contributed by atoms with E-state index in [1.807, 2.05) is 32.0 Å². The predicted octanol–water partition coefficient (Wildman–Crippen LogP) is 0.0641. The SMILES string of the molecule is CC(C)C[C@H](NC(=O)[C@H](Cc1cnc[nH]1)NC(=O)[C@H](Cc1ccccc1)NC(=O)[C@@H]1CCCN1C(=O)[C@@H](N)Cc1cnc[nH]1)C(=O)O. The molecule has 0 unspecified atom stereocenters. The zero-order valence-electron chi connectivity index (χ0n) is 26.5. The maximum atomic E-state index is 13.9. The van der Waals surface area contributed by atoms with Crippen molar-refractivity contribution in [2.24, 2.45) is 11.7 Å². The van der Waals surface area contributed by atoms with E-state index in [0.29, 0.717) is 30.8 Å². The van der Waals surface area contributed by atoms with E-state index in [1.165, 1.54) is 23.8 Å². The van der Waals surface area contributed by atoms with E-state index < -0.39 is 53.9 Å². The van der Waals surface area contributed by atoms with Gasteiger partial charge in [-0.05, 0) is 30.7 Å². The van der Waals surface area contributed by atoms with Crippen molar-refractivity contribution in [3.8, 4) is 0 Å². The monoisotopic (exact) mass is 649 g/mol. The lowest BCUT2D eigenvalue weighted by atomic mass is 10.0. The minimum atomic E-state index is -1.19. The van der Waals surface area contributed by atoms with Crippen LogP contribution in [0.5, 0.6) is 0 Å². The minimum Gasteiger partial charge on any atom is -0.480 e. The fraction of sp³-hybridized carbons (Fsp3) is 0.469. The molecule has 0 radical (unpaired) electrons. The largest absolute Gasteiger partial charge is 0.480 e. The van der Waals surface area contributed by atoms with Crippen molar-refractivity contribution < 1.29 is 29.1 Å². The van der Waals surface area contributed by atoms with Crippen molar-refractivity contribution in [2.75, 3.05) is 6.54 Å². The van der Waals surface area contributed by atoms with Crippen LogP contribution in [-0.4, -0.2) is 96.3 Å². The molecule has 1 saturated heterocycles. The molecular formula is C32H43N9O6. The van der Waals surface area contributed by atoms with E-state index in [-0.39, 0.29) is 37.5 Å². The quantitative estimate of drug-likeness (QED) is 0.111. The first-order valence-electron chi connectivity index (χ1n) is 15.7. The highest BCUT2D eigenvalue weighted by molar-refractivity contribution is 5.96. The Balaban J connectivity index is 1.52. The molecular weight excluding hydrogens is 606 g/mol. The van der Waals surface area contributed by atoms with Crippen molar-refractivity contribution in [2.45, 2.75) is 82.6 Å².